The first-order valence-electron chi connectivity index (χ1n) is 7.39. The van der Waals surface area contributed by atoms with Crippen molar-refractivity contribution in [3.8, 4) is 0 Å². The summed E-state index contributed by atoms with van der Waals surface area (Å²) in [6.45, 7) is 5.29. The molecule has 0 bridgehead atoms. The smallest absolute Gasteiger partial charge is 0.238 e. The van der Waals surface area contributed by atoms with E-state index in [2.05, 4.69) is 9.97 Å². The van der Waals surface area contributed by atoms with Crippen molar-refractivity contribution in [2.75, 3.05) is 0 Å². The number of fused-ring (bicyclic) bond motifs is 1. The van der Waals surface area contributed by atoms with Crippen molar-refractivity contribution in [1.29, 1.82) is 0 Å². The van der Waals surface area contributed by atoms with E-state index in [1.807, 2.05) is 13.8 Å². The van der Waals surface area contributed by atoms with Crippen LogP contribution < -0.4 is 5.14 Å². The predicted octanol–water partition coefficient (Wildman–Crippen LogP) is 2.33. The molecule has 2 heterocycles. The maximum atomic E-state index is 14.3. The molecule has 0 spiro atoms. The summed E-state index contributed by atoms with van der Waals surface area (Å²) < 4.78 is 53.0. The first-order chi connectivity index (χ1) is 11.6. The lowest BCUT2D eigenvalue weighted by Gasteiger charge is -2.12. The van der Waals surface area contributed by atoms with Crippen LogP contribution in [0.4, 0.5) is 8.78 Å². The molecule has 0 unspecified atom stereocenters. The summed E-state index contributed by atoms with van der Waals surface area (Å²) in [6.07, 6.45) is 1.61. The van der Waals surface area contributed by atoms with E-state index in [1.54, 1.807) is 17.7 Å². The second-order valence-electron chi connectivity index (χ2n) is 5.86. The van der Waals surface area contributed by atoms with Crippen LogP contribution in [0.5, 0.6) is 0 Å². The summed E-state index contributed by atoms with van der Waals surface area (Å²) in [5.74, 6) is -1.39. The van der Waals surface area contributed by atoms with Gasteiger partial charge in [0.15, 0.2) is 0 Å². The Morgan fingerprint density at radius 1 is 1.16 bits per heavy atom. The zero-order valence-electron chi connectivity index (χ0n) is 13.8. The number of aryl methyl sites for hydroxylation is 3. The van der Waals surface area contributed by atoms with Gasteiger partial charge in [-0.3, -0.25) is 4.98 Å². The molecule has 9 heteroatoms. The van der Waals surface area contributed by atoms with Crippen molar-refractivity contribution in [3.05, 3.63) is 52.6 Å². The van der Waals surface area contributed by atoms with E-state index in [0.29, 0.717) is 11.3 Å². The third-order valence-corrected chi connectivity index (χ3v) is 5.12. The first kappa shape index (κ1) is 17.4. The van der Waals surface area contributed by atoms with Crippen molar-refractivity contribution in [1.82, 2.24) is 14.5 Å². The number of nitrogens with two attached hydrogens (primary N) is 1. The number of rotatable bonds is 3. The zero-order chi connectivity index (χ0) is 18.5. The van der Waals surface area contributed by atoms with Gasteiger partial charge in [-0.1, -0.05) is 0 Å². The number of pyridine rings is 1. The second-order valence-corrected chi connectivity index (χ2v) is 7.42. The van der Waals surface area contributed by atoms with E-state index in [0.717, 1.165) is 28.9 Å². The lowest BCUT2D eigenvalue weighted by molar-refractivity contribution is 0.535. The van der Waals surface area contributed by atoms with E-state index in [1.165, 1.54) is 0 Å². The van der Waals surface area contributed by atoms with Crippen LogP contribution in [0.3, 0.4) is 0 Å². The van der Waals surface area contributed by atoms with Crippen LogP contribution in [0.2, 0.25) is 0 Å². The van der Waals surface area contributed by atoms with Crippen LogP contribution in [-0.2, 0) is 16.6 Å². The molecular formula is C16H16F2N4O2S. The molecular weight excluding hydrogens is 350 g/mol. The number of hydrogen-bond acceptors (Lipinski definition) is 4. The third-order valence-electron chi connectivity index (χ3n) is 4.22. The van der Waals surface area contributed by atoms with Gasteiger partial charge in [0.25, 0.3) is 0 Å². The van der Waals surface area contributed by atoms with Gasteiger partial charge in [0.1, 0.15) is 23.0 Å². The lowest BCUT2D eigenvalue weighted by atomic mass is 10.1. The van der Waals surface area contributed by atoms with Crippen LogP contribution in [-0.4, -0.2) is 23.0 Å². The van der Waals surface area contributed by atoms with Gasteiger partial charge >= 0.3 is 0 Å². The minimum absolute atomic E-state index is 0.130. The molecule has 0 radical (unpaired) electrons. The molecule has 25 heavy (non-hydrogen) atoms. The summed E-state index contributed by atoms with van der Waals surface area (Å²) >= 11 is 0. The molecule has 0 aliphatic rings. The number of nitrogens with zero attached hydrogens (tertiary/aromatic N) is 3. The predicted molar refractivity (Wildman–Crippen MR) is 88.6 cm³/mol. The Kier molecular flexibility index (Phi) is 4.08. The fraction of sp³-hybridized carbons (Fsp3) is 0.250. The minimum Gasteiger partial charge on any atom is -0.323 e. The molecule has 0 saturated heterocycles. The molecule has 2 aromatic heterocycles. The summed E-state index contributed by atoms with van der Waals surface area (Å²) in [6, 6.07) is 1.45. The Hall–Kier alpha value is -2.39. The molecule has 6 nitrogen and oxygen atoms in total. The van der Waals surface area contributed by atoms with Crippen LogP contribution in [0.15, 0.2) is 23.2 Å². The molecule has 0 aliphatic carbocycles. The highest BCUT2D eigenvalue weighted by molar-refractivity contribution is 7.89. The maximum absolute atomic E-state index is 14.3. The SMILES string of the molecule is Cc1ncc2nc(C)n(Cc3c(F)cc(S(N)(=O)=O)cc3F)c2c1C. The molecule has 0 aliphatic heterocycles. The summed E-state index contributed by atoms with van der Waals surface area (Å²) in [4.78, 5) is 8.00. The van der Waals surface area contributed by atoms with Crippen molar-refractivity contribution < 1.29 is 17.2 Å². The van der Waals surface area contributed by atoms with E-state index >= 15 is 0 Å². The van der Waals surface area contributed by atoms with Gasteiger partial charge in [-0.25, -0.2) is 27.3 Å². The summed E-state index contributed by atoms with van der Waals surface area (Å²) in [7, 11) is -4.19. The number of hydrogen-bond donors (Lipinski definition) is 1. The van der Waals surface area contributed by atoms with Crippen molar-refractivity contribution >= 4 is 21.1 Å². The van der Waals surface area contributed by atoms with Crippen LogP contribution in [0.25, 0.3) is 11.0 Å². The van der Waals surface area contributed by atoms with Gasteiger partial charge in [0.2, 0.25) is 10.0 Å². The van der Waals surface area contributed by atoms with E-state index in [-0.39, 0.29) is 12.1 Å². The number of imidazole rings is 1. The fourth-order valence-corrected chi connectivity index (χ4v) is 3.28. The molecule has 3 rings (SSSR count). The Morgan fingerprint density at radius 3 is 2.32 bits per heavy atom. The molecule has 132 valence electrons. The minimum atomic E-state index is -4.19. The standard InChI is InChI=1S/C16H16F2N4O2S/c1-8-9(2)20-6-15-16(8)22(10(3)21-15)7-12-13(17)4-11(5-14(12)18)25(19,23)24/h4-6H,7H2,1-3H3,(H2,19,23,24). The Labute approximate surface area is 143 Å². The normalized spacial score (nSPS) is 12.1. The zero-order valence-corrected chi connectivity index (χ0v) is 14.7. The van der Waals surface area contributed by atoms with Crippen molar-refractivity contribution in [2.45, 2.75) is 32.2 Å². The highest BCUT2D eigenvalue weighted by Gasteiger charge is 2.20. The third kappa shape index (κ3) is 3.00. The number of aromatic nitrogens is 3. The maximum Gasteiger partial charge on any atom is 0.238 e. The van der Waals surface area contributed by atoms with Gasteiger partial charge in [0, 0.05) is 11.3 Å². The Morgan fingerprint density at radius 2 is 1.76 bits per heavy atom. The second kappa shape index (κ2) is 5.85. The quantitative estimate of drug-likeness (QED) is 0.770. The van der Waals surface area contributed by atoms with Crippen LogP contribution >= 0.6 is 0 Å². The van der Waals surface area contributed by atoms with Crippen molar-refractivity contribution in [3.63, 3.8) is 0 Å². The Balaban J connectivity index is 2.17. The largest absolute Gasteiger partial charge is 0.323 e. The average Bonchev–Trinajstić information content (AvgIpc) is 2.82. The monoisotopic (exact) mass is 366 g/mol. The molecule has 2 N–H and O–H groups in total. The fourth-order valence-electron chi connectivity index (χ4n) is 2.75. The number of benzene rings is 1. The average molecular weight is 366 g/mol. The van der Waals surface area contributed by atoms with E-state index in [9.17, 15) is 17.2 Å². The van der Waals surface area contributed by atoms with Gasteiger partial charge in [-0.2, -0.15) is 0 Å². The summed E-state index contributed by atoms with van der Waals surface area (Å²) in [5, 5.41) is 4.93. The molecule has 0 saturated carbocycles. The topological polar surface area (TPSA) is 90.9 Å². The van der Waals surface area contributed by atoms with Gasteiger partial charge in [-0.05, 0) is 38.5 Å². The molecule has 0 atom stereocenters. The van der Waals surface area contributed by atoms with E-state index in [4.69, 9.17) is 5.14 Å². The molecule has 1 aromatic carbocycles. The first-order valence-corrected chi connectivity index (χ1v) is 8.94. The number of primary sulfonamides is 1. The molecule has 0 fully saturated rings. The van der Waals surface area contributed by atoms with Gasteiger partial charge in [-0.15, -0.1) is 0 Å². The number of halogens is 2. The highest BCUT2D eigenvalue weighted by Crippen LogP contribution is 2.25. The van der Waals surface area contributed by atoms with Crippen LogP contribution in [0.1, 0.15) is 22.6 Å². The van der Waals surface area contributed by atoms with Gasteiger partial charge in [0.05, 0.1) is 23.2 Å². The highest BCUT2D eigenvalue weighted by atomic mass is 32.2. The van der Waals surface area contributed by atoms with E-state index < -0.39 is 26.6 Å². The molecule has 0 amide bonds. The number of sulfonamides is 1. The van der Waals surface area contributed by atoms with Crippen molar-refractivity contribution in [2.24, 2.45) is 5.14 Å². The Bertz CT molecular complexity index is 1080. The summed E-state index contributed by atoms with van der Waals surface area (Å²) in [5.41, 5.74) is 2.75. The van der Waals surface area contributed by atoms with Crippen LogP contribution in [0, 0.1) is 32.4 Å². The molecule has 3 aromatic rings. The lowest BCUT2D eigenvalue weighted by Crippen LogP contribution is -2.14. The van der Waals surface area contributed by atoms with Gasteiger partial charge < -0.3 is 4.57 Å².